The van der Waals surface area contributed by atoms with Gasteiger partial charge in [-0.15, -0.1) is 0 Å². The van der Waals surface area contributed by atoms with E-state index in [-0.39, 0.29) is 34.3 Å². The van der Waals surface area contributed by atoms with Gasteiger partial charge >= 0.3 is 0 Å². The summed E-state index contributed by atoms with van der Waals surface area (Å²) >= 11 is 0. The summed E-state index contributed by atoms with van der Waals surface area (Å²) in [4.78, 5) is 29.6. The molecule has 4 aromatic carbocycles. The Kier molecular flexibility index (Phi) is 7.33. The summed E-state index contributed by atoms with van der Waals surface area (Å²) in [5, 5.41) is 44.7. The van der Waals surface area contributed by atoms with Crippen LogP contribution in [0.4, 0.5) is 11.4 Å². The number of nitrogens with one attached hydrogen (secondary N) is 2. The van der Waals surface area contributed by atoms with E-state index in [4.69, 9.17) is 9.47 Å². The molecule has 5 rings (SSSR count). The first-order valence-corrected chi connectivity index (χ1v) is 12.5. The number of amides is 2. The van der Waals surface area contributed by atoms with E-state index in [0.29, 0.717) is 22.9 Å². The third-order valence-electron chi connectivity index (χ3n) is 6.24. The van der Waals surface area contributed by atoms with Gasteiger partial charge in [-0.1, -0.05) is 12.1 Å². The van der Waals surface area contributed by atoms with Crippen LogP contribution >= 0.6 is 0 Å². The zero-order valence-electron chi connectivity index (χ0n) is 21.6. The SMILES string of the molecule is CC1OC(c2cccc(O)c2O)=N[C@@H]1C(=O)Nc1ccc(Oc2ccc(NC(=O)c3cccc(O)c3O)cc2)cc1. The van der Waals surface area contributed by atoms with E-state index in [1.165, 1.54) is 36.4 Å². The van der Waals surface area contributed by atoms with Crippen molar-refractivity contribution in [1.29, 1.82) is 0 Å². The van der Waals surface area contributed by atoms with Crippen molar-refractivity contribution >= 4 is 29.1 Å². The number of aliphatic imine (C=N–C) groups is 1. The lowest BCUT2D eigenvalue weighted by Gasteiger charge is -2.13. The van der Waals surface area contributed by atoms with Gasteiger partial charge in [-0.05, 0) is 79.7 Å². The van der Waals surface area contributed by atoms with Gasteiger partial charge in [0.15, 0.2) is 29.0 Å². The van der Waals surface area contributed by atoms with Gasteiger partial charge in [-0.2, -0.15) is 0 Å². The van der Waals surface area contributed by atoms with Crippen molar-refractivity contribution in [2.45, 2.75) is 19.1 Å². The number of ether oxygens (including phenoxy) is 2. The van der Waals surface area contributed by atoms with Crippen LogP contribution in [0.5, 0.6) is 34.5 Å². The third-order valence-corrected chi connectivity index (χ3v) is 6.24. The topological polar surface area (TPSA) is 170 Å². The summed E-state index contributed by atoms with van der Waals surface area (Å²) in [7, 11) is 0. The number of anilines is 2. The zero-order chi connectivity index (χ0) is 29.1. The van der Waals surface area contributed by atoms with Gasteiger partial charge in [0.1, 0.15) is 17.6 Å². The van der Waals surface area contributed by atoms with Gasteiger partial charge in [-0.3, -0.25) is 9.59 Å². The molecular weight excluding hydrogens is 530 g/mol. The van der Waals surface area contributed by atoms with Crippen LogP contribution in [-0.2, 0) is 9.53 Å². The van der Waals surface area contributed by atoms with E-state index in [0.717, 1.165) is 0 Å². The molecule has 0 saturated heterocycles. The first-order valence-electron chi connectivity index (χ1n) is 12.5. The molecule has 0 aliphatic carbocycles. The van der Waals surface area contributed by atoms with Crippen molar-refractivity contribution in [2.24, 2.45) is 4.99 Å². The van der Waals surface area contributed by atoms with Gasteiger partial charge in [0, 0.05) is 11.4 Å². The summed E-state index contributed by atoms with van der Waals surface area (Å²) in [6.45, 7) is 1.69. The van der Waals surface area contributed by atoms with E-state index >= 15 is 0 Å². The standard InChI is InChI=1S/C30H25N3O8/c1-16-25(33-30(40-16)22-5-3-7-24(35)27(22)37)29(39)32-18-10-14-20(15-11-18)41-19-12-8-17(9-13-19)31-28(38)21-4-2-6-23(34)26(21)36/h2-16,25,34-37H,1H3,(H,31,38)(H,32,39)/t16?,25-/m0/s1. The normalized spacial score (nSPS) is 15.9. The minimum Gasteiger partial charge on any atom is -0.504 e. The van der Waals surface area contributed by atoms with Gasteiger partial charge in [-0.25, -0.2) is 4.99 Å². The molecule has 11 nitrogen and oxygen atoms in total. The average molecular weight is 556 g/mol. The Morgan fingerprint density at radius 3 is 1.95 bits per heavy atom. The third kappa shape index (κ3) is 5.83. The lowest BCUT2D eigenvalue weighted by atomic mass is 10.1. The Bertz CT molecular complexity index is 1640. The summed E-state index contributed by atoms with van der Waals surface area (Å²) < 4.78 is 11.5. The Morgan fingerprint density at radius 1 is 0.756 bits per heavy atom. The fourth-order valence-electron chi connectivity index (χ4n) is 4.09. The number of hydrogen-bond acceptors (Lipinski definition) is 9. The number of rotatable bonds is 7. The molecule has 0 aromatic heterocycles. The Balaban J connectivity index is 1.18. The van der Waals surface area contributed by atoms with Crippen LogP contribution in [0.15, 0.2) is 89.9 Å². The molecule has 2 amide bonds. The van der Waals surface area contributed by atoms with Crippen LogP contribution in [0.2, 0.25) is 0 Å². The maximum absolute atomic E-state index is 12.9. The number of nitrogens with zero attached hydrogens (tertiary/aromatic N) is 1. The molecule has 41 heavy (non-hydrogen) atoms. The molecule has 0 saturated carbocycles. The highest BCUT2D eigenvalue weighted by atomic mass is 16.5. The molecule has 0 radical (unpaired) electrons. The largest absolute Gasteiger partial charge is 0.504 e. The molecule has 0 spiro atoms. The second kappa shape index (κ2) is 11.2. The van der Waals surface area contributed by atoms with Crippen LogP contribution in [0.3, 0.4) is 0 Å². The van der Waals surface area contributed by atoms with E-state index in [2.05, 4.69) is 15.6 Å². The number of carbonyl (C=O) groups is 2. The highest BCUT2D eigenvalue weighted by Gasteiger charge is 2.35. The average Bonchev–Trinajstić information content (AvgIpc) is 3.35. The maximum Gasteiger partial charge on any atom is 0.259 e. The lowest BCUT2D eigenvalue weighted by Crippen LogP contribution is -2.32. The van der Waals surface area contributed by atoms with Gasteiger partial charge < -0.3 is 40.5 Å². The first-order chi connectivity index (χ1) is 19.7. The fraction of sp³-hybridized carbons (Fsp3) is 0.100. The number of benzene rings is 4. The maximum atomic E-state index is 12.9. The number of aromatic hydroxyl groups is 4. The monoisotopic (exact) mass is 555 g/mol. The molecule has 1 heterocycles. The fourth-order valence-corrected chi connectivity index (χ4v) is 4.09. The molecule has 4 aromatic rings. The predicted molar refractivity (Wildman–Crippen MR) is 150 cm³/mol. The number of carbonyl (C=O) groups excluding carboxylic acids is 2. The molecule has 0 bridgehead atoms. The predicted octanol–water partition coefficient (Wildman–Crippen LogP) is 4.73. The van der Waals surface area contributed by atoms with Gasteiger partial charge in [0.05, 0.1) is 11.1 Å². The van der Waals surface area contributed by atoms with Crippen molar-refractivity contribution in [3.63, 3.8) is 0 Å². The number of hydrogen-bond donors (Lipinski definition) is 6. The molecule has 1 aliphatic rings. The van der Waals surface area contributed by atoms with Crippen molar-refractivity contribution in [3.05, 3.63) is 96.1 Å². The molecule has 2 atom stereocenters. The number of phenolic OH excluding ortho intramolecular Hbond substituents is 4. The highest BCUT2D eigenvalue weighted by molar-refractivity contribution is 6.06. The summed E-state index contributed by atoms with van der Waals surface area (Å²) in [6, 6.07) is 20.9. The van der Waals surface area contributed by atoms with E-state index < -0.39 is 29.7 Å². The summed E-state index contributed by atoms with van der Waals surface area (Å²) in [5.41, 5.74) is 1.10. The molecule has 1 unspecified atom stereocenters. The van der Waals surface area contributed by atoms with Gasteiger partial charge in [0.25, 0.3) is 11.8 Å². The van der Waals surface area contributed by atoms with Crippen molar-refractivity contribution in [2.75, 3.05) is 10.6 Å². The van der Waals surface area contributed by atoms with Crippen LogP contribution in [-0.4, -0.2) is 50.3 Å². The van der Waals surface area contributed by atoms with Crippen molar-refractivity contribution in [3.8, 4) is 34.5 Å². The smallest absolute Gasteiger partial charge is 0.259 e. The minimum absolute atomic E-state index is 0.0598. The Morgan fingerprint density at radius 2 is 1.32 bits per heavy atom. The second-order valence-electron chi connectivity index (χ2n) is 9.14. The first kappa shape index (κ1) is 26.9. The van der Waals surface area contributed by atoms with Crippen molar-refractivity contribution in [1.82, 2.24) is 0 Å². The van der Waals surface area contributed by atoms with Crippen LogP contribution in [0.1, 0.15) is 22.8 Å². The molecule has 1 aliphatic heterocycles. The lowest BCUT2D eigenvalue weighted by molar-refractivity contribution is -0.118. The highest BCUT2D eigenvalue weighted by Crippen LogP contribution is 2.32. The molecular formula is C30H25N3O8. The molecule has 11 heteroatoms. The zero-order valence-corrected chi connectivity index (χ0v) is 21.6. The van der Waals surface area contributed by atoms with E-state index in [1.54, 1.807) is 55.5 Å². The number of phenols is 4. The van der Waals surface area contributed by atoms with Crippen LogP contribution in [0.25, 0.3) is 0 Å². The van der Waals surface area contributed by atoms with Gasteiger partial charge in [0.2, 0.25) is 5.90 Å². The summed E-state index contributed by atoms with van der Waals surface area (Å²) in [5.74, 6) is -1.49. The molecule has 0 fully saturated rings. The Hall–Kier alpha value is -5.71. The molecule has 6 N–H and O–H groups in total. The van der Waals surface area contributed by atoms with E-state index in [1.807, 2.05) is 0 Å². The Labute approximate surface area is 234 Å². The van der Waals surface area contributed by atoms with Crippen LogP contribution < -0.4 is 15.4 Å². The minimum atomic E-state index is -0.863. The van der Waals surface area contributed by atoms with Crippen LogP contribution in [0, 0.1) is 0 Å². The quantitative estimate of drug-likeness (QED) is 0.178. The second-order valence-corrected chi connectivity index (χ2v) is 9.14. The van der Waals surface area contributed by atoms with E-state index in [9.17, 15) is 30.0 Å². The van der Waals surface area contributed by atoms with Crippen molar-refractivity contribution < 1.29 is 39.5 Å². The summed E-state index contributed by atoms with van der Waals surface area (Å²) in [6.07, 6.45) is -0.590. The number of para-hydroxylation sites is 2. The molecule has 208 valence electrons.